The van der Waals surface area contributed by atoms with E-state index >= 15 is 0 Å². The largest absolute Gasteiger partial charge is 0.481 e. The number of rotatable bonds is 2. The number of aliphatic carboxylic acids is 1. The van der Waals surface area contributed by atoms with Crippen LogP contribution in [0, 0.1) is 23.2 Å². The Morgan fingerprint density at radius 3 is 2.14 bits per heavy atom. The van der Waals surface area contributed by atoms with Gasteiger partial charge < -0.3 is 10.0 Å². The van der Waals surface area contributed by atoms with Crippen molar-refractivity contribution in [2.75, 3.05) is 13.1 Å². The minimum Gasteiger partial charge on any atom is -0.481 e. The van der Waals surface area contributed by atoms with E-state index in [2.05, 4.69) is 20.8 Å². The Kier molecular flexibility index (Phi) is 4.95. The molecule has 0 bridgehead atoms. The molecule has 21 heavy (non-hydrogen) atoms. The van der Waals surface area contributed by atoms with Crippen molar-refractivity contribution in [3.05, 3.63) is 0 Å². The van der Waals surface area contributed by atoms with E-state index in [-0.39, 0.29) is 17.7 Å². The molecule has 1 N–H and O–H groups in total. The summed E-state index contributed by atoms with van der Waals surface area (Å²) in [7, 11) is 0. The van der Waals surface area contributed by atoms with Crippen LogP contribution in [0.1, 0.15) is 59.3 Å². The van der Waals surface area contributed by atoms with Crippen LogP contribution >= 0.6 is 0 Å². The summed E-state index contributed by atoms with van der Waals surface area (Å²) in [5.74, 6) is -0.100. The number of hydrogen-bond acceptors (Lipinski definition) is 2. The molecule has 0 aromatic rings. The molecule has 4 heteroatoms. The second-order valence-corrected chi connectivity index (χ2v) is 7.88. The molecular formula is C17H29NO3. The van der Waals surface area contributed by atoms with Crippen molar-refractivity contribution in [2.45, 2.75) is 59.3 Å². The molecule has 1 saturated heterocycles. The van der Waals surface area contributed by atoms with Crippen molar-refractivity contribution in [3.8, 4) is 0 Å². The van der Waals surface area contributed by atoms with Crippen molar-refractivity contribution >= 4 is 11.9 Å². The predicted molar refractivity (Wildman–Crippen MR) is 81.8 cm³/mol. The Morgan fingerprint density at radius 1 is 1.00 bits per heavy atom. The van der Waals surface area contributed by atoms with E-state index in [0.29, 0.717) is 24.3 Å². The predicted octanol–water partition coefficient (Wildman–Crippen LogP) is 3.16. The Hall–Kier alpha value is -1.06. The van der Waals surface area contributed by atoms with E-state index in [1.807, 2.05) is 4.90 Å². The van der Waals surface area contributed by atoms with Gasteiger partial charge in [-0.15, -0.1) is 0 Å². The summed E-state index contributed by atoms with van der Waals surface area (Å²) in [5, 5.41) is 9.13. The molecule has 0 aromatic carbocycles. The van der Waals surface area contributed by atoms with Gasteiger partial charge in [0.25, 0.3) is 0 Å². The van der Waals surface area contributed by atoms with Crippen LogP contribution in [0.3, 0.4) is 0 Å². The molecule has 0 radical (unpaired) electrons. The van der Waals surface area contributed by atoms with Crippen LogP contribution in [-0.2, 0) is 9.59 Å². The second-order valence-electron chi connectivity index (χ2n) is 7.88. The molecule has 1 saturated carbocycles. The third-order valence-electron chi connectivity index (χ3n) is 5.38. The lowest BCUT2D eigenvalue weighted by Gasteiger charge is -2.39. The fourth-order valence-electron chi connectivity index (χ4n) is 3.84. The van der Waals surface area contributed by atoms with E-state index in [1.165, 1.54) is 0 Å². The Bertz CT molecular complexity index is 391. The molecule has 2 rings (SSSR count). The van der Waals surface area contributed by atoms with Crippen LogP contribution < -0.4 is 0 Å². The normalized spacial score (nSPS) is 31.0. The highest BCUT2D eigenvalue weighted by Crippen LogP contribution is 2.40. The SMILES string of the molecule is CC(C)(C)C1CCC(C(=O)N2CCC[C@@H](C(=O)O)C2)CC1. The van der Waals surface area contributed by atoms with Gasteiger partial charge in [0.2, 0.25) is 5.91 Å². The summed E-state index contributed by atoms with van der Waals surface area (Å²) in [6.45, 7) is 7.99. The van der Waals surface area contributed by atoms with E-state index in [4.69, 9.17) is 5.11 Å². The molecule has 1 heterocycles. The van der Waals surface area contributed by atoms with Crippen molar-refractivity contribution in [3.63, 3.8) is 0 Å². The van der Waals surface area contributed by atoms with Gasteiger partial charge in [-0.05, 0) is 49.9 Å². The Labute approximate surface area is 127 Å². The first kappa shape index (κ1) is 16.3. The third-order valence-corrected chi connectivity index (χ3v) is 5.38. The molecular weight excluding hydrogens is 266 g/mol. The number of hydrogen-bond donors (Lipinski definition) is 1. The summed E-state index contributed by atoms with van der Waals surface area (Å²) in [6, 6.07) is 0. The highest BCUT2D eigenvalue weighted by atomic mass is 16.4. The third kappa shape index (κ3) is 3.98. The van der Waals surface area contributed by atoms with Gasteiger partial charge in [0.15, 0.2) is 0 Å². The molecule has 2 aliphatic rings. The number of piperidine rings is 1. The number of amides is 1. The van der Waals surface area contributed by atoms with Gasteiger partial charge in [0, 0.05) is 19.0 Å². The molecule has 0 aromatic heterocycles. The summed E-state index contributed by atoms with van der Waals surface area (Å²) in [6.07, 6.45) is 5.70. The minimum atomic E-state index is -0.760. The van der Waals surface area contributed by atoms with Crippen LogP contribution in [0.2, 0.25) is 0 Å². The van der Waals surface area contributed by atoms with Crippen molar-refractivity contribution < 1.29 is 14.7 Å². The average molecular weight is 295 g/mol. The summed E-state index contributed by atoms with van der Waals surface area (Å²) in [4.78, 5) is 25.5. The quantitative estimate of drug-likeness (QED) is 0.851. The van der Waals surface area contributed by atoms with Crippen LogP contribution in [0.15, 0.2) is 0 Å². The molecule has 2 fully saturated rings. The lowest BCUT2D eigenvalue weighted by Crippen LogP contribution is -2.45. The first-order chi connectivity index (χ1) is 9.79. The lowest BCUT2D eigenvalue weighted by molar-refractivity contribution is -0.147. The van der Waals surface area contributed by atoms with Gasteiger partial charge in [-0.2, -0.15) is 0 Å². The first-order valence-corrected chi connectivity index (χ1v) is 8.30. The average Bonchev–Trinajstić information content (AvgIpc) is 2.46. The molecule has 1 aliphatic carbocycles. The molecule has 4 nitrogen and oxygen atoms in total. The number of nitrogens with zero attached hydrogens (tertiary/aromatic N) is 1. The lowest BCUT2D eigenvalue weighted by atomic mass is 9.69. The summed E-state index contributed by atoms with van der Waals surface area (Å²) >= 11 is 0. The summed E-state index contributed by atoms with van der Waals surface area (Å²) in [5.41, 5.74) is 0.327. The van der Waals surface area contributed by atoms with Crippen molar-refractivity contribution in [1.82, 2.24) is 4.90 Å². The summed E-state index contributed by atoms with van der Waals surface area (Å²) < 4.78 is 0. The maximum Gasteiger partial charge on any atom is 0.308 e. The Balaban J connectivity index is 1.88. The number of carbonyl (C=O) groups excluding carboxylic acids is 1. The monoisotopic (exact) mass is 295 g/mol. The van der Waals surface area contributed by atoms with Crippen LogP contribution in [-0.4, -0.2) is 35.0 Å². The van der Waals surface area contributed by atoms with Gasteiger partial charge in [0.1, 0.15) is 0 Å². The Morgan fingerprint density at radius 2 is 1.62 bits per heavy atom. The van der Waals surface area contributed by atoms with E-state index < -0.39 is 5.97 Å². The maximum absolute atomic E-state index is 12.6. The number of carboxylic acids is 1. The van der Waals surface area contributed by atoms with Crippen LogP contribution in [0.25, 0.3) is 0 Å². The van der Waals surface area contributed by atoms with Gasteiger partial charge in [-0.1, -0.05) is 20.8 Å². The van der Waals surface area contributed by atoms with E-state index in [9.17, 15) is 9.59 Å². The van der Waals surface area contributed by atoms with Gasteiger partial charge in [0.05, 0.1) is 5.92 Å². The van der Waals surface area contributed by atoms with Gasteiger partial charge >= 0.3 is 5.97 Å². The van der Waals surface area contributed by atoms with Crippen LogP contribution in [0.5, 0.6) is 0 Å². The number of likely N-dealkylation sites (tertiary alicyclic amines) is 1. The molecule has 0 unspecified atom stereocenters. The molecule has 1 aliphatic heterocycles. The van der Waals surface area contributed by atoms with Gasteiger partial charge in [-0.25, -0.2) is 0 Å². The van der Waals surface area contributed by atoms with Gasteiger partial charge in [-0.3, -0.25) is 9.59 Å². The van der Waals surface area contributed by atoms with E-state index in [1.54, 1.807) is 0 Å². The van der Waals surface area contributed by atoms with E-state index in [0.717, 1.165) is 38.6 Å². The van der Waals surface area contributed by atoms with Crippen molar-refractivity contribution in [2.24, 2.45) is 23.2 Å². The zero-order valence-electron chi connectivity index (χ0n) is 13.6. The topological polar surface area (TPSA) is 57.6 Å². The zero-order chi connectivity index (χ0) is 15.6. The number of carboxylic acid groups (broad SMARTS) is 1. The second kappa shape index (κ2) is 6.37. The smallest absolute Gasteiger partial charge is 0.308 e. The fourth-order valence-corrected chi connectivity index (χ4v) is 3.84. The highest BCUT2D eigenvalue weighted by Gasteiger charge is 2.36. The fraction of sp³-hybridized carbons (Fsp3) is 0.882. The maximum atomic E-state index is 12.6. The molecule has 1 amide bonds. The molecule has 0 spiro atoms. The standard InChI is InChI=1S/C17H29NO3/c1-17(2,3)14-8-6-12(7-9-14)15(19)18-10-4-5-13(11-18)16(20)21/h12-14H,4-11H2,1-3H3,(H,20,21)/t12?,13-,14?/m1/s1. The first-order valence-electron chi connectivity index (χ1n) is 8.30. The minimum absolute atomic E-state index is 0.121. The zero-order valence-corrected chi connectivity index (χ0v) is 13.6. The van der Waals surface area contributed by atoms with Crippen LogP contribution in [0.4, 0.5) is 0 Å². The van der Waals surface area contributed by atoms with Crippen molar-refractivity contribution in [1.29, 1.82) is 0 Å². The molecule has 1 atom stereocenters. The molecule has 120 valence electrons. The highest BCUT2D eigenvalue weighted by molar-refractivity contribution is 5.80. The number of carbonyl (C=O) groups is 2.